The highest BCUT2D eigenvalue weighted by Crippen LogP contribution is 2.30. The number of thiazole rings is 2. The maximum atomic E-state index is 14.4. The predicted octanol–water partition coefficient (Wildman–Crippen LogP) is 4.66. The quantitative estimate of drug-likeness (QED) is 0.269. The van der Waals surface area contributed by atoms with Crippen LogP contribution in [0.4, 0.5) is 0 Å². The number of benzene rings is 2. The largest absolute Gasteiger partial charge is 0.474 e. The molecule has 6 bridgehead atoms. The van der Waals surface area contributed by atoms with E-state index in [0.29, 0.717) is 35.3 Å². The van der Waals surface area contributed by atoms with Crippen molar-refractivity contribution in [2.45, 2.75) is 82.8 Å². The third-order valence-electron chi connectivity index (χ3n) is 9.62. The number of ether oxygens (including phenoxy) is 1. The molecule has 0 radical (unpaired) electrons. The summed E-state index contributed by atoms with van der Waals surface area (Å²) in [6.45, 7) is 6.22. The second-order valence-electron chi connectivity index (χ2n) is 13.7. The highest BCUT2D eigenvalue weighted by atomic mass is 32.1. The highest BCUT2D eigenvalue weighted by molar-refractivity contribution is 7.10. The van der Waals surface area contributed by atoms with Gasteiger partial charge in [0.2, 0.25) is 17.7 Å². The summed E-state index contributed by atoms with van der Waals surface area (Å²) in [6, 6.07) is 16.0. The Hall–Kier alpha value is -4.95. The molecular weight excluding hydrogens is 699 g/mol. The van der Waals surface area contributed by atoms with Gasteiger partial charge in [0.15, 0.2) is 6.04 Å². The minimum absolute atomic E-state index is 0.0391. The summed E-state index contributed by atoms with van der Waals surface area (Å²) in [4.78, 5) is 71.6. The van der Waals surface area contributed by atoms with Crippen LogP contribution in [0.25, 0.3) is 0 Å². The Morgan fingerprint density at radius 3 is 2.02 bits per heavy atom. The molecule has 6 atom stereocenters. The molecule has 3 N–H and O–H groups in total. The van der Waals surface area contributed by atoms with E-state index in [1.165, 1.54) is 22.7 Å². The van der Waals surface area contributed by atoms with Gasteiger partial charge in [0, 0.05) is 23.7 Å². The third kappa shape index (κ3) is 7.63. The average Bonchev–Trinajstić information content (AvgIpc) is 3.97. The number of hydrogen-bond donors (Lipinski definition) is 3. The summed E-state index contributed by atoms with van der Waals surface area (Å²) >= 11 is 2.57. The van der Waals surface area contributed by atoms with Crippen LogP contribution in [0.3, 0.4) is 0 Å². The van der Waals surface area contributed by atoms with Crippen molar-refractivity contribution < 1.29 is 23.9 Å². The van der Waals surface area contributed by atoms with E-state index in [2.05, 4.69) is 20.9 Å². The Kier molecular flexibility index (Phi) is 10.5. The van der Waals surface area contributed by atoms with Crippen LogP contribution >= 0.6 is 22.7 Å². The van der Waals surface area contributed by atoms with Crippen LogP contribution in [0.15, 0.2) is 76.4 Å². The maximum Gasteiger partial charge on any atom is 0.271 e. The number of carbonyl (C=O) groups excluding carboxylic acids is 4. The van der Waals surface area contributed by atoms with Crippen molar-refractivity contribution in [3.05, 3.63) is 104 Å². The van der Waals surface area contributed by atoms with Crippen molar-refractivity contribution in [1.29, 1.82) is 0 Å². The van der Waals surface area contributed by atoms with Gasteiger partial charge in [-0.05, 0) is 43.2 Å². The van der Waals surface area contributed by atoms with Crippen LogP contribution in [0.1, 0.15) is 87.8 Å². The molecular formula is C38H41N7O5S2. The molecule has 270 valence electrons. The van der Waals surface area contributed by atoms with Crippen molar-refractivity contribution in [1.82, 2.24) is 30.8 Å². The van der Waals surface area contributed by atoms with Gasteiger partial charge in [-0.25, -0.2) is 15.0 Å². The molecule has 12 nitrogen and oxygen atoms in total. The number of carbonyl (C=O) groups is 4. The summed E-state index contributed by atoms with van der Waals surface area (Å²) in [6.07, 6.45) is 1.48. The van der Waals surface area contributed by atoms with E-state index in [-0.39, 0.29) is 35.5 Å². The van der Waals surface area contributed by atoms with Crippen molar-refractivity contribution >= 4 is 52.2 Å². The van der Waals surface area contributed by atoms with Crippen LogP contribution in [-0.2, 0) is 27.2 Å². The van der Waals surface area contributed by atoms with Gasteiger partial charge in [0.25, 0.3) is 11.8 Å². The highest BCUT2D eigenvalue weighted by Gasteiger charge is 2.43. The van der Waals surface area contributed by atoms with Crippen molar-refractivity contribution in [3.63, 3.8) is 0 Å². The molecule has 4 amide bonds. The first-order valence-electron chi connectivity index (χ1n) is 17.6. The van der Waals surface area contributed by atoms with Gasteiger partial charge in [-0.15, -0.1) is 22.7 Å². The number of amides is 4. The van der Waals surface area contributed by atoms with E-state index in [9.17, 15) is 19.2 Å². The summed E-state index contributed by atoms with van der Waals surface area (Å²) in [5.74, 6) is -1.17. The Balaban J connectivity index is 1.27. The molecule has 2 aromatic heterocycles. The van der Waals surface area contributed by atoms with Crippen LogP contribution in [0.2, 0.25) is 0 Å². The Labute approximate surface area is 310 Å². The first-order chi connectivity index (χ1) is 25.1. The molecule has 0 saturated carbocycles. The second-order valence-corrected chi connectivity index (χ2v) is 15.5. The first-order valence-corrected chi connectivity index (χ1v) is 19.4. The lowest BCUT2D eigenvalue weighted by atomic mass is 10.0. The van der Waals surface area contributed by atoms with Crippen LogP contribution in [0, 0.1) is 5.92 Å². The maximum absolute atomic E-state index is 14.4. The summed E-state index contributed by atoms with van der Waals surface area (Å²) < 4.78 is 6.19. The fourth-order valence-electron chi connectivity index (χ4n) is 6.85. The van der Waals surface area contributed by atoms with Crippen LogP contribution in [0.5, 0.6) is 0 Å². The predicted molar refractivity (Wildman–Crippen MR) is 198 cm³/mol. The molecule has 5 heterocycles. The van der Waals surface area contributed by atoms with Crippen molar-refractivity contribution in [2.75, 3.05) is 6.54 Å². The average molecular weight is 740 g/mol. The number of nitrogens with one attached hydrogen (secondary N) is 3. The van der Waals surface area contributed by atoms with E-state index >= 15 is 0 Å². The molecule has 0 unspecified atom stereocenters. The fraction of sp³-hybridized carbons (Fsp3) is 0.395. The Morgan fingerprint density at radius 1 is 0.808 bits per heavy atom. The van der Waals surface area contributed by atoms with E-state index < -0.39 is 48.1 Å². The molecule has 4 aromatic rings. The van der Waals surface area contributed by atoms with E-state index in [1.807, 2.05) is 74.5 Å². The number of aliphatic imine (C=N–C) groups is 1. The molecule has 14 heteroatoms. The molecule has 0 spiro atoms. The Morgan fingerprint density at radius 2 is 1.38 bits per heavy atom. The first kappa shape index (κ1) is 35.5. The van der Waals surface area contributed by atoms with Gasteiger partial charge in [-0.1, -0.05) is 74.5 Å². The minimum atomic E-state index is -0.904. The van der Waals surface area contributed by atoms with E-state index in [4.69, 9.17) is 14.7 Å². The number of rotatable bonds is 5. The van der Waals surface area contributed by atoms with Gasteiger partial charge >= 0.3 is 0 Å². The topological polar surface area (TPSA) is 155 Å². The van der Waals surface area contributed by atoms with Crippen molar-refractivity contribution in [2.24, 2.45) is 10.9 Å². The Bertz CT molecular complexity index is 1960. The van der Waals surface area contributed by atoms with Crippen LogP contribution < -0.4 is 16.0 Å². The van der Waals surface area contributed by atoms with E-state index in [0.717, 1.165) is 17.5 Å². The fourth-order valence-corrected chi connectivity index (χ4v) is 8.72. The van der Waals surface area contributed by atoms with Crippen LogP contribution in [-0.4, -0.2) is 75.2 Å². The monoisotopic (exact) mass is 739 g/mol. The molecule has 7 rings (SSSR count). The zero-order valence-corrected chi connectivity index (χ0v) is 30.8. The zero-order chi connectivity index (χ0) is 36.4. The molecule has 2 aromatic carbocycles. The van der Waals surface area contributed by atoms with Gasteiger partial charge < -0.3 is 25.6 Å². The SMILES string of the molecule is CC(C)[C@@H]1NC(=O)[C@H]2N=C(O[C@@H]2C)[C@@H]2CCCN2C(=O)[C@H](Cc2ccccc2)NC(=O)c2csc(n2)[C@H](Cc2ccccc2)NC(=O)c2csc1n2. The molecule has 3 aliphatic rings. The third-order valence-corrected chi connectivity index (χ3v) is 11.5. The minimum Gasteiger partial charge on any atom is -0.474 e. The van der Waals surface area contributed by atoms with Gasteiger partial charge in [0.05, 0.1) is 12.1 Å². The molecule has 3 aliphatic heterocycles. The molecule has 1 fully saturated rings. The van der Waals surface area contributed by atoms with Crippen molar-refractivity contribution in [3.8, 4) is 0 Å². The molecule has 52 heavy (non-hydrogen) atoms. The number of aromatic nitrogens is 2. The van der Waals surface area contributed by atoms with Gasteiger partial charge in [-0.2, -0.15) is 0 Å². The normalized spacial score (nSPS) is 25.4. The second kappa shape index (κ2) is 15.3. The number of nitrogens with zero attached hydrogens (tertiary/aromatic N) is 4. The van der Waals surface area contributed by atoms with E-state index in [1.54, 1.807) is 22.6 Å². The summed E-state index contributed by atoms with van der Waals surface area (Å²) in [5.41, 5.74) is 2.24. The molecule has 1 saturated heterocycles. The number of fused-ring (bicyclic) bond motifs is 7. The lowest BCUT2D eigenvalue weighted by Crippen LogP contribution is -2.52. The van der Waals surface area contributed by atoms with Gasteiger partial charge in [-0.3, -0.25) is 19.2 Å². The zero-order valence-electron chi connectivity index (χ0n) is 29.2. The summed E-state index contributed by atoms with van der Waals surface area (Å²) in [5, 5.41) is 13.7. The standard InChI is InChI=1S/C38H41N7O5S2/c1-21(2)30-37-42-28(20-52-37)32(46)39-25(17-23-11-6-4-7-12-23)36-41-27(19-51-36)33(47)40-26(18-24-13-8-5-9-14-24)38(49)45-16-10-15-29(45)35-44-31(22(3)50-35)34(48)43-30/h4-9,11-14,19-22,25-26,29-31H,10,15-18H2,1-3H3,(H,39,46)(H,40,47)(H,43,48)/t22-,25+,26+,29+,30+,31+/m1/s1. The smallest absolute Gasteiger partial charge is 0.271 e. The lowest BCUT2D eigenvalue weighted by molar-refractivity contribution is -0.133. The van der Waals surface area contributed by atoms with Gasteiger partial charge in [0.1, 0.15) is 39.6 Å². The number of hydrogen-bond acceptors (Lipinski definition) is 10. The molecule has 0 aliphatic carbocycles. The summed E-state index contributed by atoms with van der Waals surface area (Å²) in [7, 11) is 0. The lowest BCUT2D eigenvalue weighted by Gasteiger charge is -2.29.